The van der Waals surface area contributed by atoms with E-state index in [1.165, 1.54) is 6.07 Å². The first-order valence-corrected chi connectivity index (χ1v) is 5.61. The van der Waals surface area contributed by atoms with E-state index >= 15 is 0 Å². The van der Waals surface area contributed by atoms with Crippen LogP contribution < -0.4 is 5.56 Å². The maximum Gasteiger partial charge on any atom is 0.272 e. The number of alkyl halides is 1. The standard InChI is InChI=1S/C12H8ClFN2O/c13-6-7-4-9-11(5-8(7)14)16-3-1-2-10(16)12(17)15-9/h1-5H,6H2,(H,15,17). The third-order valence-corrected chi connectivity index (χ3v) is 3.09. The molecule has 86 valence electrons. The fraction of sp³-hybridized carbons (Fsp3) is 0.0833. The molecule has 0 radical (unpaired) electrons. The van der Waals surface area contributed by atoms with Crippen molar-refractivity contribution >= 4 is 28.2 Å². The molecule has 3 nitrogen and oxygen atoms in total. The van der Waals surface area contributed by atoms with Crippen LogP contribution in [-0.2, 0) is 5.88 Å². The first-order chi connectivity index (χ1) is 8.20. The van der Waals surface area contributed by atoms with Gasteiger partial charge in [0.25, 0.3) is 5.56 Å². The second-order valence-corrected chi connectivity index (χ2v) is 4.08. The number of nitrogens with zero attached hydrogens (tertiary/aromatic N) is 1. The minimum atomic E-state index is -0.366. The number of halogens is 2. The van der Waals surface area contributed by atoms with Gasteiger partial charge in [-0.1, -0.05) is 0 Å². The van der Waals surface area contributed by atoms with Crippen LogP contribution in [0.3, 0.4) is 0 Å². The minimum absolute atomic E-state index is 0.0769. The molecule has 0 aliphatic heterocycles. The number of hydrogen-bond acceptors (Lipinski definition) is 1. The van der Waals surface area contributed by atoms with E-state index in [-0.39, 0.29) is 17.3 Å². The van der Waals surface area contributed by atoms with E-state index in [1.807, 2.05) is 0 Å². The third-order valence-electron chi connectivity index (χ3n) is 2.80. The summed E-state index contributed by atoms with van der Waals surface area (Å²) in [6.45, 7) is 0. The number of aromatic amines is 1. The molecule has 0 saturated heterocycles. The Morgan fingerprint density at radius 1 is 1.35 bits per heavy atom. The lowest BCUT2D eigenvalue weighted by molar-refractivity contribution is 0.618. The molecule has 1 N–H and O–H groups in total. The monoisotopic (exact) mass is 250 g/mol. The summed E-state index contributed by atoms with van der Waals surface area (Å²) in [6, 6.07) is 6.39. The lowest BCUT2D eigenvalue weighted by atomic mass is 10.2. The summed E-state index contributed by atoms with van der Waals surface area (Å²) < 4.78 is 15.3. The quantitative estimate of drug-likeness (QED) is 0.663. The maximum atomic E-state index is 13.7. The number of benzene rings is 1. The van der Waals surface area contributed by atoms with Gasteiger partial charge in [0.05, 0.1) is 16.9 Å². The van der Waals surface area contributed by atoms with Crippen molar-refractivity contribution in [2.45, 2.75) is 5.88 Å². The van der Waals surface area contributed by atoms with Crippen LogP contribution in [0.2, 0.25) is 0 Å². The van der Waals surface area contributed by atoms with Gasteiger partial charge in [0, 0.05) is 17.8 Å². The topological polar surface area (TPSA) is 37.3 Å². The molecule has 5 heteroatoms. The number of aromatic nitrogens is 2. The predicted molar refractivity (Wildman–Crippen MR) is 65.0 cm³/mol. The summed E-state index contributed by atoms with van der Waals surface area (Å²) >= 11 is 5.63. The van der Waals surface area contributed by atoms with Gasteiger partial charge in [-0.3, -0.25) is 4.79 Å². The normalized spacial score (nSPS) is 11.4. The van der Waals surface area contributed by atoms with Gasteiger partial charge >= 0.3 is 0 Å². The van der Waals surface area contributed by atoms with E-state index in [4.69, 9.17) is 11.6 Å². The summed E-state index contributed by atoms with van der Waals surface area (Å²) in [4.78, 5) is 14.5. The fourth-order valence-corrected chi connectivity index (χ4v) is 2.18. The van der Waals surface area contributed by atoms with Crippen LogP contribution in [0.15, 0.2) is 35.3 Å². The molecule has 0 amide bonds. The van der Waals surface area contributed by atoms with Gasteiger partial charge < -0.3 is 9.38 Å². The summed E-state index contributed by atoms with van der Waals surface area (Å²) in [6.07, 6.45) is 1.73. The maximum absolute atomic E-state index is 13.7. The van der Waals surface area contributed by atoms with E-state index in [2.05, 4.69) is 4.98 Å². The number of rotatable bonds is 1. The summed E-state index contributed by atoms with van der Waals surface area (Å²) in [5.41, 5.74) is 1.87. The average Bonchev–Trinajstić information content (AvgIpc) is 2.79. The van der Waals surface area contributed by atoms with Crippen molar-refractivity contribution in [2.75, 3.05) is 0 Å². The second-order valence-electron chi connectivity index (χ2n) is 3.81. The predicted octanol–water partition coefficient (Wildman–Crippen LogP) is 2.66. The lowest BCUT2D eigenvalue weighted by Gasteiger charge is -2.05. The smallest absolute Gasteiger partial charge is 0.272 e. The van der Waals surface area contributed by atoms with Crippen LogP contribution >= 0.6 is 11.6 Å². The molecule has 0 saturated carbocycles. The van der Waals surface area contributed by atoms with Crippen molar-refractivity contribution in [3.8, 4) is 0 Å². The van der Waals surface area contributed by atoms with Crippen molar-refractivity contribution in [3.05, 3.63) is 52.2 Å². The highest BCUT2D eigenvalue weighted by atomic mass is 35.5. The van der Waals surface area contributed by atoms with Crippen LogP contribution in [-0.4, -0.2) is 9.38 Å². The average molecular weight is 251 g/mol. The van der Waals surface area contributed by atoms with Gasteiger partial charge in [0.15, 0.2) is 0 Å². The van der Waals surface area contributed by atoms with E-state index in [0.717, 1.165) is 0 Å². The van der Waals surface area contributed by atoms with Crippen molar-refractivity contribution in [1.29, 1.82) is 0 Å². The van der Waals surface area contributed by atoms with Crippen molar-refractivity contribution < 1.29 is 4.39 Å². The zero-order valence-corrected chi connectivity index (χ0v) is 9.46. The molecule has 0 bridgehead atoms. The van der Waals surface area contributed by atoms with Crippen molar-refractivity contribution in [3.63, 3.8) is 0 Å². The fourth-order valence-electron chi connectivity index (χ4n) is 1.97. The molecule has 0 fully saturated rings. The van der Waals surface area contributed by atoms with Gasteiger partial charge in [-0.25, -0.2) is 4.39 Å². The molecule has 2 aromatic heterocycles. The Morgan fingerprint density at radius 3 is 2.94 bits per heavy atom. The van der Waals surface area contributed by atoms with Crippen LogP contribution in [0.25, 0.3) is 16.6 Å². The van der Waals surface area contributed by atoms with Gasteiger partial charge in [-0.05, 0) is 18.2 Å². The third kappa shape index (κ3) is 1.45. The Kier molecular flexibility index (Phi) is 2.19. The molecule has 0 unspecified atom stereocenters. The molecule has 3 aromatic rings. The summed E-state index contributed by atoms with van der Waals surface area (Å²) in [5.74, 6) is -0.289. The molecule has 0 aliphatic rings. The molecule has 17 heavy (non-hydrogen) atoms. The zero-order valence-electron chi connectivity index (χ0n) is 8.71. The second kappa shape index (κ2) is 3.60. The first-order valence-electron chi connectivity index (χ1n) is 5.08. The largest absolute Gasteiger partial charge is 0.319 e. The highest BCUT2D eigenvalue weighted by Gasteiger charge is 2.08. The molecule has 2 heterocycles. The summed E-state index contributed by atoms with van der Waals surface area (Å²) in [7, 11) is 0. The molecule has 0 spiro atoms. The van der Waals surface area contributed by atoms with Crippen molar-refractivity contribution in [1.82, 2.24) is 9.38 Å². The Hall–Kier alpha value is -1.81. The molecule has 1 aromatic carbocycles. The van der Waals surface area contributed by atoms with Crippen molar-refractivity contribution in [2.24, 2.45) is 0 Å². The number of fused-ring (bicyclic) bond motifs is 3. The highest BCUT2D eigenvalue weighted by Crippen LogP contribution is 2.19. The number of H-pyrrole nitrogens is 1. The van der Waals surface area contributed by atoms with E-state index < -0.39 is 0 Å². The molecule has 0 aliphatic carbocycles. The van der Waals surface area contributed by atoms with Gasteiger partial charge in [0.1, 0.15) is 11.3 Å². The molecule has 3 rings (SSSR count). The molecule has 0 atom stereocenters. The van der Waals surface area contributed by atoms with Gasteiger partial charge in [0.2, 0.25) is 0 Å². The summed E-state index contributed by atoms with van der Waals surface area (Å²) in [5, 5.41) is 0. The Labute approximate surface area is 100 Å². The lowest BCUT2D eigenvalue weighted by Crippen LogP contribution is -2.10. The minimum Gasteiger partial charge on any atom is -0.319 e. The first kappa shape index (κ1) is 10.4. The number of nitrogens with one attached hydrogen (secondary N) is 1. The van der Waals surface area contributed by atoms with Gasteiger partial charge in [-0.15, -0.1) is 11.6 Å². The SMILES string of the molecule is O=c1[nH]c2cc(CCl)c(F)cc2n2cccc12. The molecular formula is C12H8ClFN2O. The van der Waals surface area contributed by atoms with Crippen LogP contribution in [0.1, 0.15) is 5.56 Å². The van der Waals surface area contributed by atoms with E-state index in [9.17, 15) is 9.18 Å². The zero-order chi connectivity index (χ0) is 12.0. The number of hydrogen-bond donors (Lipinski definition) is 1. The van der Waals surface area contributed by atoms with E-state index in [0.29, 0.717) is 22.1 Å². The Morgan fingerprint density at radius 2 is 2.18 bits per heavy atom. The van der Waals surface area contributed by atoms with Crippen LogP contribution in [0.4, 0.5) is 4.39 Å². The molecular weight excluding hydrogens is 243 g/mol. The van der Waals surface area contributed by atoms with Gasteiger partial charge in [-0.2, -0.15) is 0 Å². The highest BCUT2D eigenvalue weighted by molar-refractivity contribution is 6.17. The van der Waals surface area contributed by atoms with Crippen LogP contribution in [0.5, 0.6) is 0 Å². The Balaban J connectivity index is 2.55. The van der Waals surface area contributed by atoms with Crippen LogP contribution in [0, 0.1) is 5.82 Å². The Bertz CT molecular complexity index is 775. The van der Waals surface area contributed by atoms with E-state index in [1.54, 1.807) is 28.8 Å².